The molecule has 0 saturated heterocycles. The minimum Gasteiger partial charge on any atom is -0.332 e. The minimum atomic E-state index is -0.498. The SMILES string of the molecule is Cc1ccc(NC(=S)Nc2ccc([N+](=O)[O-])cc2Cl)c(C)c1. The zero-order valence-corrected chi connectivity index (χ0v) is 13.6. The molecule has 0 aliphatic carbocycles. The van der Waals surface area contributed by atoms with Crippen LogP contribution < -0.4 is 10.6 Å². The molecule has 0 unspecified atom stereocenters. The number of thiocarbonyl (C=S) groups is 1. The standard InChI is InChI=1S/C15H14ClN3O2S/c1-9-3-5-13(10(2)7-9)17-15(22)18-14-6-4-11(19(20)21)8-12(14)16/h3-8H,1-2H3,(H2,17,18,22). The van der Waals surface area contributed by atoms with Crippen LogP contribution >= 0.6 is 23.8 Å². The lowest BCUT2D eigenvalue weighted by molar-refractivity contribution is -0.384. The first kappa shape index (κ1) is 16.2. The molecule has 0 spiro atoms. The van der Waals surface area contributed by atoms with Crippen LogP contribution in [0.3, 0.4) is 0 Å². The number of nitro benzene ring substituents is 1. The number of hydrogen-bond donors (Lipinski definition) is 2. The van der Waals surface area contributed by atoms with E-state index in [0.717, 1.165) is 11.3 Å². The minimum absolute atomic E-state index is 0.0659. The van der Waals surface area contributed by atoms with E-state index in [1.165, 1.54) is 23.8 Å². The van der Waals surface area contributed by atoms with Crippen molar-refractivity contribution in [3.8, 4) is 0 Å². The molecule has 0 bridgehead atoms. The Kier molecular flexibility index (Phi) is 4.95. The van der Waals surface area contributed by atoms with Crippen molar-refractivity contribution in [3.05, 3.63) is 62.7 Å². The number of benzene rings is 2. The van der Waals surface area contributed by atoms with Crippen molar-refractivity contribution in [1.29, 1.82) is 0 Å². The summed E-state index contributed by atoms with van der Waals surface area (Å²) in [5, 5.41) is 17.3. The second-order valence-electron chi connectivity index (χ2n) is 4.82. The predicted molar refractivity (Wildman–Crippen MR) is 93.9 cm³/mol. The summed E-state index contributed by atoms with van der Waals surface area (Å²) in [5.41, 5.74) is 3.57. The van der Waals surface area contributed by atoms with Crippen molar-refractivity contribution in [2.45, 2.75) is 13.8 Å². The smallest absolute Gasteiger partial charge is 0.271 e. The molecule has 0 aliphatic heterocycles. The van der Waals surface area contributed by atoms with Gasteiger partial charge >= 0.3 is 0 Å². The third-order valence-electron chi connectivity index (χ3n) is 3.04. The first-order chi connectivity index (χ1) is 10.4. The molecule has 2 N–H and O–H groups in total. The maximum atomic E-state index is 10.7. The van der Waals surface area contributed by atoms with Crippen molar-refractivity contribution >= 4 is 46.0 Å². The van der Waals surface area contributed by atoms with E-state index in [-0.39, 0.29) is 10.7 Å². The number of aryl methyl sites for hydroxylation is 2. The third-order valence-corrected chi connectivity index (χ3v) is 3.56. The van der Waals surface area contributed by atoms with Crippen LogP contribution in [0.5, 0.6) is 0 Å². The summed E-state index contributed by atoms with van der Waals surface area (Å²) >= 11 is 11.3. The van der Waals surface area contributed by atoms with Gasteiger partial charge in [0.05, 0.1) is 15.6 Å². The molecule has 2 aromatic carbocycles. The lowest BCUT2D eigenvalue weighted by Crippen LogP contribution is -2.19. The van der Waals surface area contributed by atoms with Gasteiger partial charge in [0.25, 0.3) is 5.69 Å². The number of anilines is 2. The second kappa shape index (κ2) is 6.72. The summed E-state index contributed by atoms with van der Waals surface area (Å²) in [6, 6.07) is 10.1. The van der Waals surface area contributed by atoms with Gasteiger partial charge in [-0.25, -0.2) is 0 Å². The summed E-state index contributed by atoms with van der Waals surface area (Å²) in [5.74, 6) is 0. The summed E-state index contributed by atoms with van der Waals surface area (Å²) in [6.45, 7) is 4.00. The normalized spacial score (nSPS) is 10.1. The van der Waals surface area contributed by atoms with Crippen LogP contribution in [0.2, 0.25) is 5.02 Å². The van der Waals surface area contributed by atoms with Crippen molar-refractivity contribution < 1.29 is 4.92 Å². The molecule has 2 aromatic rings. The Hall–Kier alpha value is -2.18. The highest BCUT2D eigenvalue weighted by molar-refractivity contribution is 7.80. The van der Waals surface area contributed by atoms with Crippen molar-refractivity contribution in [1.82, 2.24) is 0 Å². The van der Waals surface area contributed by atoms with Crippen LogP contribution in [0.4, 0.5) is 17.1 Å². The quantitative estimate of drug-likeness (QED) is 0.484. The molecular weight excluding hydrogens is 322 g/mol. The zero-order chi connectivity index (χ0) is 16.3. The first-order valence-electron chi connectivity index (χ1n) is 6.46. The fourth-order valence-electron chi connectivity index (χ4n) is 1.95. The molecule has 0 fully saturated rings. The molecule has 0 amide bonds. The number of nitrogens with zero attached hydrogens (tertiary/aromatic N) is 1. The largest absolute Gasteiger partial charge is 0.332 e. The molecule has 0 atom stereocenters. The second-order valence-corrected chi connectivity index (χ2v) is 5.63. The Labute approximate surface area is 138 Å². The monoisotopic (exact) mass is 335 g/mol. The van der Waals surface area contributed by atoms with Gasteiger partial charge in [0, 0.05) is 17.8 Å². The maximum absolute atomic E-state index is 10.7. The molecule has 7 heteroatoms. The molecular formula is C15H14ClN3O2S. The number of non-ortho nitro benzene ring substituents is 1. The highest BCUT2D eigenvalue weighted by atomic mass is 35.5. The number of halogens is 1. The van der Waals surface area contributed by atoms with Gasteiger partial charge in [-0.3, -0.25) is 10.1 Å². The highest BCUT2D eigenvalue weighted by Gasteiger charge is 2.10. The maximum Gasteiger partial charge on any atom is 0.271 e. The van der Waals surface area contributed by atoms with Crippen LogP contribution in [-0.2, 0) is 0 Å². The van der Waals surface area contributed by atoms with E-state index in [1.54, 1.807) is 0 Å². The lowest BCUT2D eigenvalue weighted by atomic mass is 10.1. The first-order valence-corrected chi connectivity index (χ1v) is 7.24. The van der Waals surface area contributed by atoms with E-state index < -0.39 is 4.92 Å². The van der Waals surface area contributed by atoms with Crippen molar-refractivity contribution in [3.63, 3.8) is 0 Å². The third kappa shape index (κ3) is 3.93. The molecule has 5 nitrogen and oxygen atoms in total. The molecule has 2 rings (SSSR count). The topological polar surface area (TPSA) is 67.2 Å². The predicted octanol–water partition coefficient (Wildman–Crippen LogP) is 4.67. The van der Waals surface area contributed by atoms with Crippen LogP contribution in [-0.4, -0.2) is 10.0 Å². The van der Waals surface area contributed by atoms with E-state index >= 15 is 0 Å². The van der Waals surface area contributed by atoms with Gasteiger partial charge in [0.1, 0.15) is 0 Å². The fourth-order valence-corrected chi connectivity index (χ4v) is 2.39. The van der Waals surface area contributed by atoms with E-state index in [4.69, 9.17) is 23.8 Å². The van der Waals surface area contributed by atoms with Crippen molar-refractivity contribution in [2.24, 2.45) is 0 Å². The summed E-state index contributed by atoms with van der Waals surface area (Å²) in [4.78, 5) is 10.2. The number of nitro groups is 1. The Morgan fingerprint density at radius 1 is 1.14 bits per heavy atom. The van der Waals surface area contributed by atoms with E-state index in [2.05, 4.69) is 10.6 Å². The molecule has 0 radical (unpaired) electrons. The summed E-state index contributed by atoms with van der Waals surface area (Å²) in [7, 11) is 0. The van der Waals surface area contributed by atoms with Gasteiger partial charge in [-0.2, -0.15) is 0 Å². The van der Waals surface area contributed by atoms with Crippen LogP contribution in [0.15, 0.2) is 36.4 Å². The van der Waals surface area contributed by atoms with Gasteiger partial charge < -0.3 is 10.6 Å². The summed E-state index contributed by atoms with van der Waals surface area (Å²) < 4.78 is 0. The van der Waals surface area contributed by atoms with Gasteiger partial charge in [-0.05, 0) is 43.8 Å². The average Bonchev–Trinajstić information content (AvgIpc) is 2.44. The Balaban J connectivity index is 2.10. The zero-order valence-electron chi connectivity index (χ0n) is 12.0. The van der Waals surface area contributed by atoms with Crippen LogP contribution in [0, 0.1) is 24.0 Å². The Morgan fingerprint density at radius 2 is 1.77 bits per heavy atom. The fraction of sp³-hybridized carbons (Fsp3) is 0.133. The van der Waals surface area contributed by atoms with E-state index in [9.17, 15) is 10.1 Å². The van der Waals surface area contributed by atoms with E-state index in [0.29, 0.717) is 10.8 Å². The Morgan fingerprint density at radius 3 is 2.36 bits per heavy atom. The number of hydrogen-bond acceptors (Lipinski definition) is 3. The molecule has 0 aromatic heterocycles. The molecule has 0 saturated carbocycles. The Bertz CT molecular complexity index is 750. The molecule has 0 aliphatic rings. The molecule has 114 valence electrons. The van der Waals surface area contributed by atoms with Crippen LogP contribution in [0.25, 0.3) is 0 Å². The average molecular weight is 336 g/mol. The van der Waals surface area contributed by atoms with Gasteiger partial charge in [-0.15, -0.1) is 0 Å². The lowest BCUT2D eigenvalue weighted by Gasteiger charge is -2.13. The van der Waals surface area contributed by atoms with Gasteiger partial charge in [-0.1, -0.05) is 29.3 Å². The number of nitrogens with one attached hydrogen (secondary N) is 2. The van der Waals surface area contributed by atoms with Crippen LogP contribution in [0.1, 0.15) is 11.1 Å². The molecule has 0 heterocycles. The highest BCUT2D eigenvalue weighted by Crippen LogP contribution is 2.27. The van der Waals surface area contributed by atoms with Crippen molar-refractivity contribution in [2.75, 3.05) is 10.6 Å². The van der Waals surface area contributed by atoms with Gasteiger partial charge in [0.2, 0.25) is 0 Å². The van der Waals surface area contributed by atoms with E-state index in [1.807, 2.05) is 32.0 Å². The summed E-state index contributed by atoms with van der Waals surface area (Å²) in [6.07, 6.45) is 0. The number of rotatable bonds is 3. The van der Waals surface area contributed by atoms with Gasteiger partial charge in [0.15, 0.2) is 5.11 Å². The molecule has 22 heavy (non-hydrogen) atoms.